The Bertz CT molecular complexity index is 629. The van der Waals surface area contributed by atoms with Gasteiger partial charge in [0.2, 0.25) is 0 Å². The molecule has 21 heavy (non-hydrogen) atoms. The third-order valence-electron chi connectivity index (χ3n) is 2.84. The summed E-state index contributed by atoms with van der Waals surface area (Å²) in [6, 6.07) is 11.0. The number of halogens is 1. The van der Waals surface area contributed by atoms with E-state index in [-0.39, 0.29) is 17.5 Å². The number of rotatable bonds is 4. The molecule has 0 saturated heterocycles. The highest BCUT2D eigenvalue weighted by Gasteiger charge is 2.03. The Hall–Kier alpha value is -2.40. The van der Waals surface area contributed by atoms with Gasteiger partial charge in [-0.1, -0.05) is 17.7 Å². The van der Waals surface area contributed by atoms with Crippen LogP contribution < -0.4 is 10.6 Å². The fourth-order valence-electron chi connectivity index (χ4n) is 1.75. The predicted molar refractivity (Wildman–Crippen MR) is 81.9 cm³/mol. The van der Waals surface area contributed by atoms with Crippen molar-refractivity contribution < 1.29 is 15.0 Å². The van der Waals surface area contributed by atoms with Gasteiger partial charge < -0.3 is 20.8 Å². The van der Waals surface area contributed by atoms with E-state index in [2.05, 4.69) is 10.6 Å². The van der Waals surface area contributed by atoms with Crippen LogP contribution >= 0.6 is 11.6 Å². The monoisotopic (exact) mass is 306 g/mol. The first-order chi connectivity index (χ1) is 10.0. The molecule has 0 unspecified atom stereocenters. The molecule has 0 fully saturated rings. The molecule has 2 aromatic rings. The van der Waals surface area contributed by atoms with Gasteiger partial charge in [-0.25, -0.2) is 4.79 Å². The van der Waals surface area contributed by atoms with Crippen LogP contribution in [0.1, 0.15) is 5.56 Å². The molecule has 0 radical (unpaired) electrons. The quantitative estimate of drug-likeness (QED) is 0.655. The SMILES string of the molecule is O=C(NCCc1ccc(O)c(O)c1)Nc1ccc(Cl)cc1. The zero-order valence-electron chi connectivity index (χ0n) is 11.1. The Balaban J connectivity index is 1.78. The first-order valence-corrected chi connectivity index (χ1v) is 6.73. The molecular weight excluding hydrogens is 292 g/mol. The van der Waals surface area contributed by atoms with E-state index in [9.17, 15) is 15.0 Å². The summed E-state index contributed by atoms with van der Waals surface area (Å²) in [7, 11) is 0. The molecule has 5 nitrogen and oxygen atoms in total. The second kappa shape index (κ2) is 6.85. The van der Waals surface area contributed by atoms with E-state index in [0.29, 0.717) is 23.7 Å². The predicted octanol–water partition coefficient (Wildman–Crippen LogP) is 3.12. The Kier molecular flexibility index (Phi) is 4.90. The van der Waals surface area contributed by atoms with Crippen molar-refractivity contribution in [1.82, 2.24) is 5.32 Å². The van der Waals surface area contributed by atoms with Crippen LogP contribution in [0.5, 0.6) is 11.5 Å². The molecule has 2 rings (SSSR count). The van der Waals surface area contributed by atoms with Crippen molar-refractivity contribution >= 4 is 23.3 Å². The van der Waals surface area contributed by atoms with Gasteiger partial charge in [-0.2, -0.15) is 0 Å². The van der Waals surface area contributed by atoms with Crippen molar-refractivity contribution in [1.29, 1.82) is 0 Å². The van der Waals surface area contributed by atoms with Crippen LogP contribution in [0.25, 0.3) is 0 Å². The first kappa shape index (κ1) is 15.0. The first-order valence-electron chi connectivity index (χ1n) is 6.36. The molecule has 0 aliphatic rings. The van der Waals surface area contributed by atoms with Gasteiger partial charge in [-0.05, 0) is 48.4 Å². The zero-order valence-corrected chi connectivity index (χ0v) is 11.9. The molecule has 0 aliphatic carbocycles. The Labute approximate surface area is 127 Å². The highest BCUT2D eigenvalue weighted by atomic mass is 35.5. The van der Waals surface area contributed by atoms with Crippen LogP contribution in [0, 0.1) is 0 Å². The average Bonchev–Trinajstić information content (AvgIpc) is 2.45. The summed E-state index contributed by atoms with van der Waals surface area (Å²) in [6.07, 6.45) is 0.544. The third-order valence-corrected chi connectivity index (χ3v) is 3.09. The van der Waals surface area contributed by atoms with Crippen molar-refractivity contribution in [3.63, 3.8) is 0 Å². The Morgan fingerprint density at radius 1 is 1.05 bits per heavy atom. The molecular formula is C15H15ClN2O3. The van der Waals surface area contributed by atoms with E-state index in [1.807, 2.05) is 0 Å². The van der Waals surface area contributed by atoms with E-state index >= 15 is 0 Å². The molecule has 0 aliphatic heterocycles. The zero-order chi connectivity index (χ0) is 15.2. The minimum absolute atomic E-state index is 0.160. The Morgan fingerprint density at radius 3 is 2.43 bits per heavy atom. The third kappa shape index (κ3) is 4.57. The minimum Gasteiger partial charge on any atom is -0.504 e. The number of hydrogen-bond donors (Lipinski definition) is 4. The van der Waals surface area contributed by atoms with Crippen LogP contribution in [-0.2, 0) is 6.42 Å². The second-order valence-electron chi connectivity index (χ2n) is 4.46. The molecule has 0 atom stereocenters. The largest absolute Gasteiger partial charge is 0.504 e. The molecule has 0 aromatic heterocycles. The normalized spacial score (nSPS) is 10.1. The van der Waals surface area contributed by atoms with Crippen LogP contribution in [0.2, 0.25) is 5.02 Å². The summed E-state index contributed by atoms with van der Waals surface area (Å²) in [5.74, 6) is -0.328. The molecule has 6 heteroatoms. The van der Waals surface area contributed by atoms with E-state index in [1.54, 1.807) is 30.3 Å². The number of urea groups is 1. The highest BCUT2D eigenvalue weighted by Crippen LogP contribution is 2.24. The van der Waals surface area contributed by atoms with Gasteiger partial charge in [-0.3, -0.25) is 0 Å². The lowest BCUT2D eigenvalue weighted by Crippen LogP contribution is -2.30. The maximum Gasteiger partial charge on any atom is 0.319 e. The van der Waals surface area contributed by atoms with E-state index in [1.165, 1.54) is 12.1 Å². The number of benzene rings is 2. The van der Waals surface area contributed by atoms with Crippen LogP contribution in [0.3, 0.4) is 0 Å². The molecule has 110 valence electrons. The number of nitrogens with one attached hydrogen (secondary N) is 2. The summed E-state index contributed by atoms with van der Waals surface area (Å²) in [5.41, 5.74) is 1.47. The number of anilines is 1. The smallest absolute Gasteiger partial charge is 0.319 e. The van der Waals surface area contributed by atoms with Gasteiger partial charge in [0.1, 0.15) is 0 Å². The van der Waals surface area contributed by atoms with E-state index < -0.39 is 0 Å². The van der Waals surface area contributed by atoms with E-state index in [4.69, 9.17) is 11.6 Å². The summed E-state index contributed by atoms with van der Waals surface area (Å²) in [5, 5.41) is 24.6. The number of hydrogen-bond acceptors (Lipinski definition) is 3. The van der Waals surface area contributed by atoms with Gasteiger partial charge in [0.05, 0.1) is 0 Å². The Morgan fingerprint density at radius 2 is 1.76 bits per heavy atom. The maximum absolute atomic E-state index is 11.7. The topological polar surface area (TPSA) is 81.6 Å². The van der Waals surface area contributed by atoms with Gasteiger partial charge in [-0.15, -0.1) is 0 Å². The lowest BCUT2D eigenvalue weighted by Gasteiger charge is -2.08. The van der Waals surface area contributed by atoms with Gasteiger partial charge >= 0.3 is 6.03 Å². The fourth-order valence-corrected chi connectivity index (χ4v) is 1.88. The van der Waals surface area contributed by atoms with Crippen LogP contribution in [0.15, 0.2) is 42.5 Å². The van der Waals surface area contributed by atoms with Crippen LogP contribution in [-0.4, -0.2) is 22.8 Å². The number of amides is 2. The molecule has 2 amide bonds. The van der Waals surface area contributed by atoms with Crippen molar-refractivity contribution in [2.75, 3.05) is 11.9 Å². The molecule has 2 aromatic carbocycles. The maximum atomic E-state index is 11.7. The molecule has 0 heterocycles. The number of aromatic hydroxyl groups is 2. The molecule has 4 N–H and O–H groups in total. The van der Waals surface area contributed by atoms with Crippen molar-refractivity contribution in [2.24, 2.45) is 0 Å². The van der Waals surface area contributed by atoms with Gasteiger partial charge in [0.15, 0.2) is 11.5 Å². The molecule has 0 spiro atoms. The molecule has 0 saturated carbocycles. The fraction of sp³-hybridized carbons (Fsp3) is 0.133. The minimum atomic E-state index is -0.319. The highest BCUT2D eigenvalue weighted by molar-refractivity contribution is 6.30. The number of phenolic OH excluding ortho intramolecular Hbond substituents is 2. The van der Waals surface area contributed by atoms with Gasteiger partial charge in [0.25, 0.3) is 0 Å². The lowest BCUT2D eigenvalue weighted by molar-refractivity contribution is 0.252. The standard InChI is InChI=1S/C15H15ClN2O3/c16-11-2-4-12(5-3-11)18-15(21)17-8-7-10-1-6-13(19)14(20)9-10/h1-6,9,19-20H,7-8H2,(H2,17,18,21). The van der Waals surface area contributed by atoms with Crippen LogP contribution in [0.4, 0.5) is 10.5 Å². The van der Waals surface area contributed by atoms with Crippen molar-refractivity contribution in [2.45, 2.75) is 6.42 Å². The van der Waals surface area contributed by atoms with Crippen molar-refractivity contribution in [3.05, 3.63) is 53.1 Å². The number of carbonyl (C=O) groups is 1. The summed E-state index contributed by atoms with van der Waals surface area (Å²) < 4.78 is 0. The van der Waals surface area contributed by atoms with Gasteiger partial charge in [0, 0.05) is 17.3 Å². The second-order valence-corrected chi connectivity index (χ2v) is 4.90. The number of carbonyl (C=O) groups excluding carboxylic acids is 1. The summed E-state index contributed by atoms with van der Waals surface area (Å²) in [6.45, 7) is 0.406. The van der Waals surface area contributed by atoms with Crippen molar-refractivity contribution in [3.8, 4) is 11.5 Å². The summed E-state index contributed by atoms with van der Waals surface area (Å²) in [4.78, 5) is 11.7. The summed E-state index contributed by atoms with van der Waals surface area (Å²) >= 11 is 5.76. The number of phenols is 2. The average molecular weight is 307 g/mol. The van der Waals surface area contributed by atoms with E-state index in [0.717, 1.165) is 5.56 Å². The molecule has 0 bridgehead atoms. The lowest BCUT2D eigenvalue weighted by atomic mass is 10.1.